The zero-order valence-electron chi connectivity index (χ0n) is 5.76. The summed E-state index contributed by atoms with van der Waals surface area (Å²) >= 11 is 1.82. The zero-order valence-corrected chi connectivity index (χ0v) is 6.58. The summed E-state index contributed by atoms with van der Waals surface area (Å²) in [4.78, 5) is 1.47. The first kappa shape index (κ1) is 8.44. The summed E-state index contributed by atoms with van der Waals surface area (Å²) in [5.74, 6) is 0. The van der Waals surface area contributed by atoms with Crippen molar-refractivity contribution in [3.63, 3.8) is 0 Å². The lowest BCUT2D eigenvalue weighted by Crippen LogP contribution is -1.63. The van der Waals surface area contributed by atoms with Gasteiger partial charge in [0.25, 0.3) is 0 Å². The standard InChI is InChI=1S/C6H8S.C2H4/c1-2-6-4-3-5-7-6;1-2/h3-5H,2H2,1H3;1-2H2. The number of thiophene rings is 1. The minimum absolute atomic E-state index is 1.18. The monoisotopic (exact) mass is 140 g/mol. The molecule has 0 nitrogen and oxygen atoms in total. The molecule has 1 rings (SSSR count). The van der Waals surface area contributed by atoms with E-state index in [1.807, 2.05) is 11.3 Å². The molecule has 0 unspecified atom stereocenters. The van der Waals surface area contributed by atoms with Gasteiger partial charge < -0.3 is 0 Å². The molecule has 0 aliphatic rings. The van der Waals surface area contributed by atoms with Crippen molar-refractivity contribution in [1.29, 1.82) is 0 Å². The van der Waals surface area contributed by atoms with Crippen molar-refractivity contribution in [3.05, 3.63) is 35.5 Å². The van der Waals surface area contributed by atoms with Crippen molar-refractivity contribution in [1.82, 2.24) is 0 Å². The molecule has 9 heavy (non-hydrogen) atoms. The van der Waals surface area contributed by atoms with Gasteiger partial charge in [-0.2, -0.15) is 0 Å². The Bertz CT molecular complexity index is 130. The SMILES string of the molecule is C=C.CCc1cccs1. The van der Waals surface area contributed by atoms with Crippen molar-refractivity contribution in [2.24, 2.45) is 0 Å². The van der Waals surface area contributed by atoms with Crippen LogP contribution in [0, 0.1) is 0 Å². The van der Waals surface area contributed by atoms with Crippen molar-refractivity contribution >= 4 is 11.3 Å². The summed E-state index contributed by atoms with van der Waals surface area (Å²) in [6.45, 7) is 8.17. The summed E-state index contributed by atoms with van der Waals surface area (Å²) in [5.41, 5.74) is 0. The molecule has 0 aromatic carbocycles. The topological polar surface area (TPSA) is 0 Å². The van der Waals surface area contributed by atoms with E-state index in [0.29, 0.717) is 0 Å². The zero-order chi connectivity index (χ0) is 7.11. The second-order valence-corrected chi connectivity index (χ2v) is 2.47. The van der Waals surface area contributed by atoms with E-state index in [2.05, 4.69) is 37.6 Å². The van der Waals surface area contributed by atoms with Crippen LogP contribution in [-0.2, 0) is 6.42 Å². The largest absolute Gasteiger partial charge is 0.149 e. The van der Waals surface area contributed by atoms with Crippen LogP contribution in [0.2, 0.25) is 0 Å². The van der Waals surface area contributed by atoms with Gasteiger partial charge >= 0.3 is 0 Å². The molecule has 0 saturated heterocycles. The Morgan fingerprint density at radius 3 is 2.44 bits per heavy atom. The van der Waals surface area contributed by atoms with Crippen molar-refractivity contribution in [2.45, 2.75) is 13.3 Å². The predicted octanol–water partition coefficient (Wildman–Crippen LogP) is 3.11. The number of hydrogen-bond donors (Lipinski definition) is 0. The molecule has 1 aromatic heterocycles. The third kappa shape index (κ3) is 3.09. The highest BCUT2D eigenvalue weighted by Gasteiger charge is 1.82. The fourth-order valence-corrected chi connectivity index (χ4v) is 1.17. The Balaban J connectivity index is 0.000000291. The molecule has 0 spiro atoms. The van der Waals surface area contributed by atoms with Crippen LogP contribution in [0.5, 0.6) is 0 Å². The van der Waals surface area contributed by atoms with Gasteiger partial charge in [0.1, 0.15) is 0 Å². The molecule has 50 valence electrons. The van der Waals surface area contributed by atoms with E-state index < -0.39 is 0 Å². The highest BCUT2D eigenvalue weighted by molar-refractivity contribution is 7.09. The molecular weight excluding hydrogens is 128 g/mol. The van der Waals surface area contributed by atoms with E-state index in [0.717, 1.165) is 0 Å². The van der Waals surface area contributed by atoms with Crippen molar-refractivity contribution < 1.29 is 0 Å². The van der Waals surface area contributed by atoms with E-state index in [1.165, 1.54) is 11.3 Å². The van der Waals surface area contributed by atoms with E-state index >= 15 is 0 Å². The normalized spacial score (nSPS) is 7.67. The Morgan fingerprint density at radius 2 is 2.22 bits per heavy atom. The molecule has 0 aliphatic heterocycles. The fraction of sp³-hybridized carbons (Fsp3) is 0.250. The molecule has 1 heteroatoms. The lowest BCUT2D eigenvalue weighted by atomic mass is 10.4. The van der Waals surface area contributed by atoms with Gasteiger partial charge in [-0.15, -0.1) is 24.5 Å². The van der Waals surface area contributed by atoms with Crippen LogP contribution in [0.25, 0.3) is 0 Å². The quantitative estimate of drug-likeness (QED) is 0.526. The van der Waals surface area contributed by atoms with Crippen LogP contribution in [-0.4, -0.2) is 0 Å². The Kier molecular flexibility index (Phi) is 5.23. The first-order valence-electron chi connectivity index (χ1n) is 2.96. The van der Waals surface area contributed by atoms with E-state index in [4.69, 9.17) is 0 Å². The first-order chi connectivity index (χ1) is 4.43. The second kappa shape index (κ2) is 5.57. The molecule has 0 bridgehead atoms. The summed E-state index contributed by atoms with van der Waals surface area (Å²) in [6.07, 6.45) is 1.18. The molecule has 0 radical (unpaired) electrons. The van der Waals surface area contributed by atoms with Gasteiger partial charge in [-0.05, 0) is 17.9 Å². The molecule has 1 aromatic rings. The smallest absolute Gasteiger partial charge is 0.00424 e. The first-order valence-corrected chi connectivity index (χ1v) is 3.84. The number of hydrogen-bond acceptors (Lipinski definition) is 1. The average Bonchev–Trinajstić information content (AvgIpc) is 2.43. The van der Waals surface area contributed by atoms with Gasteiger partial charge in [0, 0.05) is 4.88 Å². The highest BCUT2D eigenvalue weighted by atomic mass is 32.1. The molecule has 0 saturated carbocycles. The minimum atomic E-state index is 1.18. The maximum Gasteiger partial charge on any atom is 0.00424 e. The molecule has 1 heterocycles. The molecule has 0 N–H and O–H groups in total. The molecular formula is C8H12S. The predicted molar refractivity (Wildman–Crippen MR) is 45.0 cm³/mol. The van der Waals surface area contributed by atoms with Crippen LogP contribution in [0.4, 0.5) is 0 Å². The Labute approximate surface area is 60.8 Å². The third-order valence-corrected chi connectivity index (χ3v) is 1.95. The van der Waals surface area contributed by atoms with Crippen molar-refractivity contribution in [2.75, 3.05) is 0 Å². The van der Waals surface area contributed by atoms with Gasteiger partial charge in [-0.3, -0.25) is 0 Å². The van der Waals surface area contributed by atoms with Crippen LogP contribution >= 0.6 is 11.3 Å². The van der Waals surface area contributed by atoms with E-state index in [-0.39, 0.29) is 0 Å². The lowest BCUT2D eigenvalue weighted by Gasteiger charge is -1.78. The Hall–Kier alpha value is -0.560. The van der Waals surface area contributed by atoms with Gasteiger partial charge in [0.15, 0.2) is 0 Å². The van der Waals surface area contributed by atoms with Gasteiger partial charge in [0.05, 0.1) is 0 Å². The maximum absolute atomic E-state index is 3.00. The molecule has 0 aliphatic carbocycles. The van der Waals surface area contributed by atoms with Crippen LogP contribution in [0.15, 0.2) is 30.7 Å². The van der Waals surface area contributed by atoms with Crippen LogP contribution in [0.3, 0.4) is 0 Å². The second-order valence-electron chi connectivity index (χ2n) is 1.43. The maximum atomic E-state index is 3.00. The summed E-state index contributed by atoms with van der Waals surface area (Å²) in [6, 6.07) is 4.24. The summed E-state index contributed by atoms with van der Waals surface area (Å²) in [7, 11) is 0. The van der Waals surface area contributed by atoms with Crippen LogP contribution < -0.4 is 0 Å². The molecule has 0 atom stereocenters. The highest BCUT2D eigenvalue weighted by Crippen LogP contribution is 2.07. The fourth-order valence-electron chi connectivity index (χ4n) is 0.514. The van der Waals surface area contributed by atoms with Crippen molar-refractivity contribution in [3.8, 4) is 0 Å². The van der Waals surface area contributed by atoms with Gasteiger partial charge in [0.2, 0.25) is 0 Å². The number of aryl methyl sites for hydroxylation is 1. The average molecular weight is 140 g/mol. The van der Waals surface area contributed by atoms with Crippen LogP contribution in [0.1, 0.15) is 11.8 Å². The lowest BCUT2D eigenvalue weighted by molar-refractivity contribution is 1.19. The van der Waals surface area contributed by atoms with E-state index in [1.54, 1.807) is 0 Å². The minimum Gasteiger partial charge on any atom is -0.149 e. The van der Waals surface area contributed by atoms with Gasteiger partial charge in [-0.25, -0.2) is 0 Å². The van der Waals surface area contributed by atoms with E-state index in [9.17, 15) is 0 Å². The van der Waals surface area contributed by atoms with Gasteiger partial charge in [-0.1, -0.05) is 13.0 Å². The number of rotatable bonds is 1. The summed E-state index contributed by atoms with van der Waals surface area (Å²) in [5, 5.41) is 2.11. The molecule has 0 fully saturated rings. The Morgan fingerprint density at radius 1 is 1.56 bits per heavy atom. The summed E-state index contributed by atoms with van der Waals surface area (Å²) < 4.78 is 0. The molecule has 0 amide bonds. The third-order valence-electron chi connectivity index (χ3n) is 0.929.